The van der Waals surface area contributed by atoms with Gasteiger partial charge in [0.1, 0.15) is 0 Å². The van der Waals surface area contributed by atoms with Crippen LogP contribution in [0.4, 0.5) is 4.39 Å². The minimum atomic E-state index is -1.05. The molecule has 0 aromatic rings. The van der Waals surface area contributed by atoms with Crippen LogP contribution in [0.1, 0.15) is 13.8 Å². The first-order valence-electron chi connectivity index (χ1n) is 4.95. The molecule has 0 aliphatic heterocycles. The van der Waals surface area contributed by atoms with Crippen molar-refractivity contribution in [3.63, 3.8) is 0 Å². The molecule has 0 aromatic carbocycles. The molecule has 94 valence electrons. The molecule has 0 bridgehead atoms. The largest absolute Gasteiger partial charge is 0.466 e. The molecule has 0 saturated carbocycles. The first-order chi connectivity index (χ1) is 7.93. The van der Waals surface area contributed by atoms with E-state index in [-0.39, 0.29) is 6.61 Å². The number of hydrogen-bond donors (Lipinski definition) is 0. The lowest BCUT2D eigenvalue weighted by molar-refractivity contribution is -0.423. The summed E-state index contributed by atoms with van der Waals surface area (Å²) in [6.07, 6.45) is 2.85. The molecule has 0 aliphatic carbocycles. The number of allylic oxidation sites excluding steroid dienone is 3. The highest BCUT2D eigenvalue weighted by molar-refractivity contribution is 5.74. The predicted molar refractivity (Wildman–Crippen MR) is 60.3 cm³/mol. The van der Waals surface area contributed by atoms with Gasteiger partial charge in [-0.3, -0.25) is 14.9 Å². The van der Waals surface area contributed by atoms with Crippen molar-refractivity contribution in [1.29, 1.82) is 0 Å². The van der Waals surface area contributed by atoms with Crippen LogP contribution in [0.15, 0.2) is 36.3 Å². The third-order valence-electron chi connectivity index (χ3n) is 1.77. The van der Waals surface area contributed by atoms with Crippen molar-refractivity contribution >= 4 is 5.97 Å². The van der Waals surface area contributed by atoms with Crippen molar-refractivity contribution in [1.82, 2.24) is 0 Å². The van der Waals surface area contributed by atoms with Gasteiger partial charge in [-0.2, -0.15) is 4.39 Å². The van der Waals surface area contributed by atoms with E-state index < -0.39 is 28.3 Å². The van der Waals surface area contributed by atoms with Crippen molar-refractivity contribution in [3.05, 3.63) is 46.4 Å². The maximum Gasteiger partial charge on any atom is 0.312 e. The van der Waals surface area contributed by atoms with Gasteiger partial charge in [-0.05, 0) is 19.9 Å². The fourth-order valence-corrected chi connectivity index (χ4v) is 0.995. The first kappa shape index (κ1) is 15.0. The summed E-state index contributed by atoms with van der Waals surface area (Å²) in [7, 11) is 0. The van der Waals surface area contributed by atoms with Crippen LogP contribution in [-0.2, 0) is 9.53 Å². The predicted octanol–water partition coefficient (Wildman–Crippen LogP) is 2.39. The lowest BCUT2D eigenvalue weighted by atomic mass is 10.1. The molecule has 1 unspecified atom stereocenters. The van der Waals surface area contributed by atoms with Crippen LogP contribution in [0.25, 0.3) is 0 Å². The number of nitrogens with zero attached hydrogens (tertiary/aromatic N) is 1. The second-order valence-electron chi connectivity index (χ2n) is 3.10. The summed E-state index contributed by atoms with van der Waals surface area (Å²) >= 11 is 0. The van der Waals surface area contributed by atoms with Crippen LogP contribution in [-0.4, -0.2) is 17.5 Å². The van der Waals surface area contributed by atoms with Gasteiger partial charge in [0.2, 0.25) is 0 Å². The third kappa shape index (κ3) is 5.05. The van der Waals surface area contributed by atoms with Crippen LogP contribution < -0.4 is 0 Å². The number of ether oxygens (including phenoxy) is 1. The fraction of sp³-hybridized carbons (Fsp3) is 0.364. The molecule has 0 rings (SSSR count). The zero-order chi connectivity index (χ0) is 13.4. The summed E-state index contributed by atoms with van der Waals surface area (Å²) in [5.74, 6) is -2.58. The molecular formula is C11H14FNO4. The van der Waals surface area contributed by atoms with Gasteiger partial charge in [0.15, 0.2) is 5.83 Å². The van der Waals surface area contributed by atoms with E-state index in [1.807, 2.05) is 0 Å². The Morgan fingerprint density at radius 2 is 2.24 bits per heavy atom. The number of carbonyl (C=O) groups is 1. The van der Waals surface area contributed by atoms with Gasteiger partial charge in [0.05, 0.1) is 17.4 Å². The maximum absolute atomic E-state index is 13.3. The molecule has 5 nitrogen and oxygen atoms in total. The molecule has 0 N–H and O–H groups in total. The number of esters is 1. The number of nitro groups is 1. The third-order valence-corrected chi connectivity index (χ3v) is 1.77. The van der Waals surface area contributed by atoms with Crippen molar-refractivity contribution < 1.29 is 18.8 Å². The Balaban J connectivity index is 5.07. The number of halogens is 1. The highest BCUT2D eigenvalue weighted by Crippen LogP contribution is 2.16. The molecule has 0 saturated heterocycles. The molecule has 0 aliphatic rings. The normalized spacial score (nSPS) is 14.1. The molecule has 0 heterocycles. The summed E-state index contributed by atoms with van der Waals surface area (Å²) in [5, 5.41) is 10.6. The smallest absolute Gasteiger partial charge is 0.312 e. The Morgan fingerprint density at radius 1 is 1.65 bits per heavy atom. The van der Waals surface area contributed by atoms with E-state index in [0.29, 0.717) is 0 Å². The first-order valence-corrected chi connectivity index (χ1v) is 4.95. The molecule has 17 heavy (non-hydrogen) atoms. The molecule has 0 spiro atoms. The highest BCUT2D eigenvalue weighted by Gasteiger charge is 2.22. The van der Waals surface area contributed by atoms with Gasteiger partial charge in [-0.1, -0.05) is 12.7 Å². The molecule has 0 amide bonds. The average molecular weight is 243 g/mol. The summed E-state index contributed by atoms with van der Waals surface area (Å²) in [6.45, 7) is 6.39. The lowest BCUT2D eigenvalue weighted by Gasteiger charge is -2.05. The second kappa shape index (κ2) is 7.32. The molecule has 0 fully saturated rings. The summed E-state index contributed by atoms with van der Waals surface area (Å²) in [5.41, 5.74) is -0.773. The standard InChI is InChI=1S/C11H14FNO4/c1-4-6-9(12)10(13(15)16)7-8(3)11(14)17-5-2/h4,6-8H,1,5H2,2-3H3/b9-6+,10-7+. The van der Waals surface area contributed by atoms with Crippen LogP contribution >= 0.6 is 0 Å². The quantitative estimate of drug-likeness (QED) is 0.311. The fourth-order valence-electron chi connectivity index (χ4n) is 0.995. The van der Waals surface area contributed by atoms with Crippen LogP contribution in [0.3, 0.4) is 0 Å². The SMILES string of the molecule is C=C/C=C(F)\C(=C/C(C)C(=O)OCC)[N+](=O)[O-]. The van der Waals surface area contributed by atoms with Crippen LogP contribution in [0.2, 0.25) is 0 Å². The van der Waals surface area contributed by atoms with Crippen molar-refractivity contribution in [3.8, 4) is 0 Å². The van der Waals surface area contributed by atoms with E-state index in [1.54, 1.807) is 6.92 Å². The maximum atomic E-state index is 13.3. The van der Waals surface area contributed by atoms with Gasteiger partial charge in [0.25, 0.3) is 0 Å². The minimum absolute atomic E-state index is 0.162. The number of carbonyl (C=O) groups excluding carboxylic acids is 1. The Bertz CT molecular complexity index is 374. The van der Waals surface area contributed by atoms with Gasteiger partial charge in [-0.25, -0.2) is 0 Å². The second-order valence-corrected chi connectivity index (χ2v) is 3.10. The Kier molecular flexibility index (Phi) is 6.47. The molecular weight excluding hydrogens is 229 g/mol. The van der Waals surface area contributed by atoms with Crippen molar-refractivity contribution in [2.45, 2.75) is 13.8 Å². The zero-order valence-electron chi connectivity index (χ0n) is 9.68. The van der Waals surface area contributed by atoms with Crippen molar-refractivity contribution in [2.75, 3.05) is 6.61 Å². The summed E-state index contributed by atoms with van der Waals surface area (Å²) in [4.78, 5) is 20.9. The minimum Gasteiger partial charge on any atom is -0.466 e. The highest BCUT2D eigenvalue weighted by atomic mass is 19.1. The van der Waals surface area contributed by atoms with E-state index >= 15 is 0 Å². The lowest BCUT2D eigenvalue weighted by Crippen LogP contribution is -2.14. The monoisotopic (exact) mass is 243 g/mol. The Hall–Kier alpha value is -1.98. The van der Waals surface area contributed by atoms with E-state index in [4.69, 9.17) is 0 Å². The van der Waals surface area contributed by atoms with Crippen molar-refractivity contribution in [2.24, 2.45) is 5.92 Å². The molecule has 0 aromatic heterocycles. The Labute approximate surface area is 98.4 Å². The van der Waals surface area contributed by atoms with Gasteiger partial charge in [-0.15, -0.1) is 0 Å². The van der Waals surface area contributed by atoms with Gasteiger partial charge >= 0.3 is 11.7 Å². The zero-order valence-corrected chi connectivity index (χ0v) is 9.68. The summed E-state index contributed by atoms with van der Waals surface area (Å²) < 4.78 is 17.9. The summed E-state index contributed by atoms with van der Waals surface area (Å²) in [6, 6.07) is 0. The molecule has 1 atom stereocenters. The number of rotatable bonds is 6. The van der Waals surface area contributed by atoms with Crippen LogP contribution in [0, 0.1) is 16.0 Å². The molecule has 0 radical (unpaired) electrons. The molecule has 6 heteroatoms. The van der Waals surface area contributed by atoms with Gasteiger partial charge < -0.3 is 4.74 Å². The van der Waals surface area contributed by atoms with Crippen LogP contribution in [0.5, 0.6) is 0 Å². The Morgan fingerprint density at radius 3 is 2.65 bits per heavy atom. The van der Waals surface area contributed by atoms with E-state index in [2.05, 4.69) is 11.3 Å². The number of hydrogen-bond acceptors (Lipinski definition) is 4. The average Bonchev–Trinajstić information content (AvgIpc) is 2.25. The van der Waals surface area contributed by atoms with E-state index in [0.717, 1.165) is 18.2 Å². The topological polar surface area (TPSA) is 69.4 Å². The van der Waals surface area contributed by atoms with Gasteiger partial charge in [0, 0.05) is 6.08 Å². The van der Waals surface area contributed by atoms with E-state index in [1.165, 1.54) is 6.92 Å². The van der Waals surface area contributed by atoms with E-state index in [9.17, 15) is 19.3 Å².